The molecule has 0 bridgehead atoms. The van der Waals surface area contributed by atoms with Crippen molar-refractivity contribution >= 4 is 0 Å². The topological polar surface area (TPSA) is 29.3 Å². The number of nitrogens with two attached hydrogens (primary N) is 1. The molecule has 0 aliphatic heterocycles. The molecular weight excluding hydrogens is 244 g/mol. The maximum absolute atomic E-state index is 6.82. The van der Waals surface area contributed by atoms with Crippen molar-refractivity contribution in [2.75, 3.05) is 13.1 Å². The highest BCUT2D eigenvalue weighted by molar-refractivity contribution is 5.35. The number of likely N-dealkylation sites (N-methyl/N-ethyl adjacent to an activating group) is 1. The highest BCUT2D eigenvalue weighted by Gasteiger charge is 2.44. The highest BCUT2D eigenvalue weighted by atomic mass is 15.2. The Morgan fingerprint density at radius 2 is 1.75 bits per heavy atom. The van der Waals surface area contributed by atoms with Gasteiger partial charge >= 0.3 is 0 Å². The van der Waals surface area contributed by atoms with E-state index in [0.29, 0.717) is 0 Å². The van der Waals surface area contributed by atoms with Gasteiger partial charge in [-0.2, -0.15) is 0 Å². The summed E-state index contributed by atoms with van der Waals surface area (Å²) in [6.45, 7) is 11.1. The minimum absolute atomic E-state index is 0.129. The minimum atomic E-state index is 0.129. The summed E-state index contributed by atoms with van der Waals surface area (Å²) in [6, 6.07) is 6.83. The van der Waals surface area contributed by atoms with Crippen LogP contribution in [0.1, 0.15) is 62.3 Å². The SMILES string of the molecule is CCN(CC)C1(C(N)c2cc(C)ccc2C)CCCC1. The fourth-order valence-electron chi connectivity index (χ4n) is 4.05. The lowest BCUT2D eigenvalue weighted by molar-refractivity contribution is 0.0768. The molecule has 1 atom stereocenters. The lowest BCUT2D eigenvalue weighted by Crippen LogP contribution is -2.53. The molecule has 1 saturated carbocycles. The van der Waals surface area contributed by atoms with Gasteiger partial charge < -0.3 is 5.73 Å². The molecule has 1 aliphatic rings. The predicted octanol–water partition coefficient (Wildman–Crippen LogP) is 3.96. The van der Waals surface area contributed by atoms with Crippen LogP contribution in [-0.2, 0) is 0 Å². The maximum Gasteiger partial charge on any atom is 0.0484 e. The number of hydrogen-bond acceptors (Lipinski definition) is 2. The zero-order valence-corrected chi connectivity index (χ0v) is 13.6. The fraction of sp³-hybridized carbons (Fsp3) is 0.667. The van der Waals surface area contributed by atoms with Crippen LogP contribution in [0.25, 0.3) is 0 Å². The Balaban J connectivity index is 2.41. The van der Waals surface area contributed by atoms with E-state index in [-0.39, 0.29) is 11.6 Å². The van der Waals surface area contributed by atoms with E-state index in [1.165, 1.54) is 42.4 Å². The van der Waals surface area contributed by atoms with Crippen LogP contribution >= 0.6 is 0 Å². The molecule has 1 aliphatic carbocycles. The first-order valence-electron chi connectivity index (χ1n) is 8.13. The second kappa shape index (κ2) is 6.28. The third kappa shape index (κ3) is 2.64. The zero-order valence-electron chi connectivity index (χ0n) is 13.6. The molecule has 2 heteroatoms. The van der Waals surface area contributed by atoms with Crippen LogP contribution < -0.4 is 5.73 Å². The molecule has 1 aromatic carbocycles. The van der Waals surface area contributed by atoms with Gasteiger partial charge in [0.15, 0.2) is 0 Å². The smallest absolute Gasteiger partial charge is 0.0484 e. The monoisotopic (exact) mass is 274 g/mol. The molecule has 0 radical (unpaired) electrons. The molecule has 1 aromatic rings. The first-order valence-corrected chi connectivity index (χ1v) is 8.13. The van der Waals surface area contributed by atoms with Gasteiger partial charge in [-0.1, -0.05) is 50.5 Å². The lowest BCUT2D eigenvalue weighted by Gasteiger charge is -2.45. The molecule has 2 rings (SSSR count). The summed E-state index contributed by atoms with van der Waals surface area (Å²) in [6.07, 6.45) is 5.11. The van der Waals surface area contributed by atoms with Gasteiger partial charge in [-0.05, 0) is 50.9 Å². The Hall–Kier alpha value is -0.860. The second-order valence-electron chi connectivity index (χ2n) is 6.32. The van der Waals surface area contributed by atoms with Crippen molar-refractivity contribution < 1.29 is 0 Å². The van der Waals surface area contributed by atoms with Crippen molar-refractivity contribution in [3.63, 3.8) is 0 Å². The van der Waals surface area contributed by atoms with E-state index in [2.05, 4.69) is 50.8 Å². The summed E-state index contributed by atoms with van der Waals surface area (Å²) in [5.74, 6) is 0. The van der Waals surface area contributed by atoms with Crippen molar-refractivity contribution in [1.82, 2.24) is 4.90 Å². The second-order valence-corrected chi connectivity index (χ2v) is 6.32. The van der Waals surface area contributed by atoms with Crippen LogP contribution in [0, 0.1) is 13.8 Å². The van der Waals surface area contributed by atoms with E-state index in [0.717, 1.165) is 13.1 Å². The first-order chi connectivity index (χ1) is 9.55. The van der Waals surface area contributed by atoms with Gasteiger partial charge in [0.25, 0.3) is 0 Å². The molecule has 0 saturated heterocycles. The van der Waals surface area contributed by atoms with Crippen LogP contribution in [0.4, 0.5) is 0 Å². The molecule has 0 aromatic heterocycles. The normalized spacial score (nSPS) is 19.5. The van der Waals surface area contributed by atoms with Gasteiger partial charge in [-0.3, -0.25) is 4.90 Å². The number of nitrogens with zero attached hydrogens (tertiary/aromatic N) is 1. The number of rotatable bonds is 5. The largest absolute Gasteiger partial charge is 0.322 e. The molecule has 0 amide bonds. The van der Waals surface area contributed by atoms with E-state index >= 15 is 0 Å². The van der Waals surface area contributed by atoms with Gasteiger partial charge in [-0.15, -0.1) is 0 Å². The molecule has 1 unspecified atom stereocenters. The number of benzene rings is 1. The van der Waals surface area contributed by atoms with Crippen LogP contribution in [0.3, 0.4) is 0 Å². The van der Waals surface area contributed by atoms with Crippen molar-refractivity contribution in [2.45, 2.75) is 65.0 Å². The zero-order chi connectivity index (χ0) is 14.8. The van der Waals surface area contributed by atoms with E-state index < -0.39 is 0 Å². The van der Waals surface area contributed by atoms with Gasteiger partial charge in [0.2, 0.25) is 0 Å². The van der Waals surface area contributed by atoms with Gasteiger partial charge in [0, 0.05) is 11.6 Å². The quantitative estimate of drug-likeness (QED) is 0.880. The molecule has 0 spiro atoms. The van der Waals surface area contributed by atoms with Crippen molar-refractivity contribution in [1.29, 1.82) is 0 Å². The molecule has 2 N–H and O–H groups in total. The predicted molar refractivity (Wildman–Crippen MR) is 87.0 cm³/mol. The Morgan fingerprint density at radius 1 is 1.15 bits per heavy atom. The third-order valence-electron chi connectivity index (χ3n) is 5.21. The minimum Gasteiger partial charge on any atom is -0.322 e. The Morgan fingerprint density at radius 3 is 2.30 bits per heavy atom. The standard InChI is InChI=1S/C18H30N2/c1-5-20(6-2)18(11-7-8-12-18)17(19)16-13-14(3)9-10-15(16)4/h9-10,13,17H,5-8,11-12,19H2,1-4H3. The van der Waals surface area contributed by atoms with Gasteiger partial charge in [0.05, 0.1) is 0 Å². The van der Waals surface area contributed by atoms with Crippen molar-refractivity contribution in [3.8, 4) is 0 Å². The number of hydrogen-bond donors (Lipinski definition) is 1. The number of aryl methyl sites for hydroxylation is 2. The summed E-state index contributed by atoms with van der Waals surface area (Å²) < 4.78 is 0. The fourth-order valence-corrected chi connectivity index (χ4v) is 4.05. The maximum atomic E-state index is 6.82. The molecule has 20 heavy (non-hydrogen) atoms. The molecule has 2 nitrogen and oxygen atoms in total. The van der Waals surface area contributed by atoms with E-state index in [9.17, 15) is 0 Å². The lowest BCUT2D eigenvalue weighted by atomic mass is 9.80. The molecular formula is C18H30N2. The summed E-state index contributed by atoms with van der Waals surface area (Å²) in [5, 5.41) is 0. The highest BCUT2D eigenvalue weighted by Crippen LogP contribution is 2.44. The van der Waals surface area contributed by atoms with Crippen LogP contribution in [0.5, 0.6) is 0 Å². The van der Waals surface area contributed by atoms with E-state index in [1.807, 2.05) is 0 Å². The summed E-state index contributed by atoms with van der Waals surface area (Å²) in [7, 11) is 0. The summed E-state index contributed by atoms with van der Waals surface area (Å²) in [5.41, 5.74) is 11.0. The summed E-state index contributed by atoms with van der Waals surface area (Å²) >= 11 is 0. The van der Waals surface area contributed by atoms with Crippen molar-refractivity contribution in [2.24, 2.45) is 5.73 Å². The van der Waals surface area contributed by atoms with Crippen LogP contribution in [-0.4, -0.2) is 23.5 Å². The van der Waals surface area contributed by atoms with Gasteiger partial charge in [-0.25, -0.2) is 0 Å². The van der Waals surface area contributed by atoms with Crippen LogP contribution in [0.2, 0.25) is 0 Å². The van der Waals surface area contributed by atoms with Crippen molar-refractivity contribution in [3.05, 3.63) is 34.9 Å². The van der Waals surface area contributed by atoms with Crippen LogP contribution in [0.15, 0.2) is 18.2 Å². The van der Waals surface area contributed by atoms with Gasteiger partial charge in [0.1, 0.15) is 0 Å². The molecule has 0 heterocycles. The average molecular weight is 274 g/mol. The third-order valence-corrected chi connectivity index (χ3v) is 5.21. The van der Waals surface area contributed by atoms with E-state index in [4.69, 9.17) is 5.73 Å². The summed E-state index contributed by atoms with van der Waals surface area (Å²) in [4.78, 5) is 2.60. The molecule has 1 fully saturated rings. The Labute approximate surface area is 124 Å². The first kappa shape index (κ1) is 15.5. The Kier molecular flexibility index (Phi) is 4.87. The average Bonchev–Trinajstić information content (AvgIpc) is 2.93. The van der Waals surface area contributed by atoms with E-state index in [1.54, 1.807) is 0 Å². The Bertz CT molecular complexity index is 443. The molecule has 112 valence electrons.